The fraction of sp³-hybridized carbons (Fsp3) is 0.875. The maximum Gasteiger partial charge on any atom is 0.0533 e. The molecule has 0 spiro atoms. The molecule has 0 rings (SSSR count). The molecule has 0 saturated heterocycles. The average Bonchev–Trinajstić information content (AvgIpc) is 1.89. The molecule has 0 saturated carbocycles. The minimum atomic E-state index is 0.240. The van der Waals surface area contributed by atoms with Crippen molar-refractivity contribution in [2.75, 3.05) is 6.54 Å². The number of aliphatic imine (C=N–C) groups is 1. The molecule has 2 N–H and O–H groups in total. The summed E-state index contributed by atoms with van der Waals surface area (Å²) in [5, 5.41) is 0. The summed E-state index contributed by atoms with van der Waals surface area (Å²) in [5.74, 6) is 0. The predicted octanol–water partition coefficient (Wildman–Crippen LogP) is 1.59. The van der Waals surface area contributed by atoms with E-state index < -0.39 is 0 Å². The van der Waals surface area contributed by atoms with E-state index in [0.29, 0.717) is 6.54 Å². The van der Waals surface area contributed by atoms with Gasteiger partial charge >= 0.3 is 0 Å². The van der Waals surface area contributed by atoms with E-state index in [1.807, 2.05) is 0 Å². The summed E-state index contributed by atoms with van der Waals surface area (Å²) >= 11 is 0. The molecule has 0 heterocycles. The highest BCUT2D eigenvalue weighted by Crippen LogP contribution is 2.01. The minimum absolute atomic E-state index is 0.240. The molecule has 1 atom stereocenters. The molecular weight excluding hydrogens is 124 g/mol. The molecule has 10 heavy (non-hydrogen) atoms. The Hall–Kier alpha value is -0.370. The molecule has 2 heteroatoms. The summed E-state index contributed by atoms with van der Waals surface area (Å²) < 4.78 is 0. The smallest absolute Gasteiger partial charge is 0.0533 e. The first kappa shape index (κ1) is 9.63. The van der Waals surface area contributed by atoms with E-state index in [0.717, 1.165) is 6.42 Å². The van der Waals surface area contributed by atoms with Crippen molar-refractivity contribution in [1.82, 2.24) is 0 Å². The van der Waals surface area contributed by atoms with Crippen molar-refractivity contribution in [2.45, 2.75) is 38.6 Å². The lowest BCUT2D eigenvalue weighted by Crippen LogP contribution is -2.22. The highest BCUT2D eigenvalue weighted by molar-refractivity contribution is 5.23. The Morgan fingerprint density at radius 3 is 2.70 bits per heavy atom. The van der Waals surface area contributed by atoms with Crippen LogP contribution in [0.4, 0.5) is 0 Å². The van der Waals surface area contributed by atoms with Crippen molar-refractivity contribution in [1.29, 1.82) is 0 Å². The Kier molecular flexibility index (Phi) is 6.50. The first-order chi connectivity index (χ1) is 4.81. The number of hydrogen-bond acceptors (Lipinski definition) is 2. The second kappa shape index (κ2) is 6.75. The van der Waals surface area contributed by atoms with Crippen molar-refractivity contribution < 1.29 is 0 Å². The fourth-order valence-electron chi connectivity index (χ4n) is 0.914. The second-order valence-corrected chi connectivity index (χ2v) is 2.66. The zero-order valence-electron chi connectivity index (χ0n) is 6.84. The van der Waals surface area contributed by atoms with Crippen molar-refractivity contribution in [3.63, 3.8) is 0 Å². The van der Waals surface area contributed by atoms with Crippen LogP contribution in [-0.2, 0) is 0 Å². The van der Waals surface area contributed by atoms with E-state index >= 15 is 0 Å². The highest BCUT2D eigenvalue weighted by atomic mass is 14.8. The summed E-state index contributed by atoms with van der Waals surface area (Å²) in [5.41, 5.74) is 5.69. The number of unbranched alkanes of at least 4 members (excludes halogenated alkanes) is 2. The minimum Gasteiger partial charge on any atom is -0.326 e. The van der Waals surface area contributed by atoms with Crippen molar-refractivity contribution in [3.8, 4) is 0 Å². The van der Waals surface area contributed by atoms with Crippen LogP contribution in [0.15, 0.2) is 4.99 Å². The van der Waals surface area contributed by atoms with E-state index in [2.05, 4.69) is 18.6 Å². The summed E-state index contributed by atoms with van der Waals surface area (Å²) in [7, 11) is 0. The summed E-state index contributed by atoms with van der Waals surface area (Å²) in [6.45, 7) is 6.30. The first-order valence-electron chi connectivity index (χ1n) is 3.99. The fourth-order valence-corrected chi connectivity index (χ4v) is 0.914. The van der Waals surface area contributed by atoms with Crippen LogP contribution in [0, 0.1) is 0 Å². The quantitative estimate of drug-likeness (QED) is 0.444. The van der Waals surface area contributed by atoms with E-state index in [1.54, 1.807) is 0 Å². The Morgan fingerprint density at radius 1 is 1.50 bits per heavy atom. The first-order valence-corrected chi connectivity index (χ1v) is 3.99. The Balaban J connectivity index is 3.04. The molecule has 0 aromatic rings. The van der Waals surface area contributed by atoms with E-state index in [4.69, 9.17) is 5.73 Å². The van der Waals surface area contributed by atoms with Gasteiger partial charge in [0.05, 0.1) is 6.54 Å². The standard InChI is InChI=1S/C8H18N2/c1-3-4-5-6-8(9)7-10-2/h8H,2-7,9H2,1H3. The topological polar surface area (TPSA) is 38.4 Å². The zero-order chi connectivity index (χ0) is 7.82. The molecule has 0 aromatic heterocycles. The van der Waals surface area contributed by atoms with Gasteiger partial charge in [-0.25, -0.2) is 0 Å². The van der Waals surface area contributed by atoms with Crippen LogP contribution in [0.5, 0.6) is 0 Å². The molecule has 60 valence electrons. The molecule has 0 aromatic carbocycles. The van der Waals surface area contributed by atoms with Gasteiger partial charge in [0.2, 0.25) is 0 Å². The summed E-state index contributed by atoms with van der Waals surface area (Å²) in [4.78, 5) is 3.74. The average molecular weight is 142 g/mol. The third kappa shape index (κ3) is 5.76. The molecule has 2 nitrogen and oxygen atoms in total. The summed E-state index contributed by atoms with van der Waals surface area (Å²) in [6, 6.07) is 0.240. The van der Waals surface area contributed by atoms with Gasteiger partial charge in [0.25, 0.3) is 0 Å². The van der Waals surface area contributed by atoms with Gasteiger partial charge < -0.3 is 5.73 Å². The Bertz CT molecular complexity index is 81.3. The summed E-state index contributed by atoms with van der Waals surface area (Å²) in [6.07, 6.45) is 4.86. The van der Waals surface area contributed by atoms with Crippen LogP contribution in [0.2, 0.25) is 0 Å². The normalized spacial score (nSPS) is 13.0. The number of rotatable bonds is 6. The second-order valence-electron chi connectivity index (χ2n) is 2.66. The molecule has 0 bridgehead atoms. The van der Waals surface area contributed by atoms with Gasteiger partial charge in [-0.3, -0.25) is 4.99 Å². The Labute approximate surface area is 63.5 Å². The van der Waals surface area contributed by atoms with Crippen LogP contribution in [-0.4, -0.2) is 19.3 Å². The van der Waals surface area contributed by atoms with Crippen molar-refractivity contribution in [2.24, 2.45) is 10.7 Å². The zero-order valence-corrected chi connectivity index (χ0v) is 6.84. The van der Waals surface area contributed by atoms with Gasteiger partial charge in [0, 0.05) is 6.04 Å². The lowest BCUT2D eigenvalue weighted by Gasteiger charge is -2.06. The molecule has 0 aliphatic rings. The van der Waals surface area contributed by atoms with Crippen LogP contribution < -0.4 is 5.73 Å². The van der Waals surface area contributed by atoms with Gasteiger partial charge in [-0.2, -0.15) is 0 Å². The number of nitrogens with two attached hydrogens (primary N) is 1. The van der Waals surface area contributed by atoms with Gasteiger partial charge in [-0.05, 0) is 13.1 Å². The van der Waals surface area contributed by atoms with E-state index in [1.165, 1.54) is 19.3 Å². The number of nitrogens with zero attached hydrogens (tertiary/aromatic N) is 1. The number of hydrogen-bond donors (Lipinski definition) is 1. The van der Waals surface area contributed by atoms with Crippen molar-refractivity contribution in [3.05, 3.63) is 0 Å². The predicted molar refractivity (Wildman–Crippen MR) is 46.5 cm³/mol. The molecule has 1 unspecified atom stereocenters. The lowest BCUT2D eigenvalue weighted by molar-refractivity contribution is 0.568. The molecule has 0 aliphatic carbocycles. The molecule has 0 aliphatic heterocycles. The lowest BCUT2D eigenvalue weighted by atomic mass is 10.1. The third-order valence-electron chi connectivity index (χ3n) is 1.54. The Morgan fingerprint density at radius 2 is 2.20 bits per heavy atom. The monoisotopic (exact) mass is 142 g/mol. The highest BCUT2D eigenvalue weighted by Gasteiger charge is 1.98. The molecular formula is C8H18N2. The van der Waals surface area contributed by atoms with Gasteiger partial charge in [-0.15, -0.1) is 0 Å². The van der Waals surface area contributed by atoms with Crippen LogP contribution >= 0.6 is 0 Å². The van der Waals surface area contributed by atoms with Crippen LogP contribution in [0.3, 0.4) is 0 Å². The molecule has 0 radical (unpaired) electrons. The van der Waals surface area contributed by atoms with E-state index in [-0.39, 0.29) is 6.04 Å². The van der Waals surface area contributed by atoms with Crippen molar-refractivity contribution >= 4 is 6.72 Å². The van der Waals surface area contributed by atoms with Gasteiger partial charge in [0.1, 0.15) is 0 Å². The van der Waals surface area contributed by atoms with Gasteiger partial charge in [0.15, 0.2) is 0 Å². The molecule has 0 amide bonds. The molecule has 0 fully saturated rings. The van der Waals surface area contributed by atoms with Crippen LogP contribution in [0.1, 0.15) is 32.6 Å². The maximum absolute atomic E-state index is 5.69. The largest absolute Gasteiger partial charge is 0.326 e. The third-order valence-corrected chi connectivity index (χ3v) is 1.54. The van der Waals surface area contributed by atoms with E-state index in [9.17, 15) is 0 Å². The van der Waals surface area contributed by atoms with Crippen LogP contribution in [0.25, 0.3) is 0 Å². The van der Waals surface area contributed by atoms with Gasteiger partial charge in [-0.1, -0.05) is 26.2 Å². The SMILES string of the molecule is C=NCC(N)CCCCC. The maximum atomic E-state index is 5.69.